The maximum absolute atomic E-state index is 12.8. The monoisotopic (exact) mass is 498 g/mol. The molecule has 1 aliphatic heterocycles. The van der Waals surface area contributed by atoms with Gasteiger partial charge in [-0.05, 0) is 73.2 Å². The Morgan fingerprint density at radius 2 is 2.05 bits per heavy atom. The number of carbonyl (C=O) groups excluding carboxylic acids is 1. The summed E-state index contributed by atoms with van der Waals surface area (Å²) in [5.74, 6) is 1.82. The number of methoxy groups -OCH3 is 1. The van der Waals surface area contributed by atoms with Gasteiger partial charge in [0.15, 0.2) is 23.8 Å². The number of ether oxygens (including phenoxy) is 2. The standard InChI is InChI=1S/C27H26N6O4/c1-36-24-9-7-21-27(32-24)33(25(35)14-29-21)20-6-4-17-10-16(2-3-18(17)11-20)12-28-13-19-5-8-22-26(30-19)31-23(34)15-37-22/h4-9,11,14,16,28H,2-3,10,12-13,15H2,1H3,(H,30,31,34). The van der Waals surface area contributed by atoms with Gasteiger partial charge in [0.2, 0.25) is 5.88 Å². The van der Waals surface area contributed by atoms with Gasteiger partial charge in [0, 0.05) is 12.6 Å². The molecule has 0 radical (unpaired) electrons. The van der Waals surface area contributed by atoms with E-state index >= 15 is 0 Å². The third kappa shape index (κ3) is 4.63. The van der Waals surface area contributed by atoms with Crippen LogP contribution in [0.25, 0.3) is 16.9 Å². The molecule has 10 nitrogen and oxygen atoms in total. The van der Waals surface area contributed by atoms with Gasteiger partial charge in [0.05, 0.1) is 24.7 Å². The van der Waals surface area contributed by atoms with Gasteiger partial charge in [0.1, 0.15) is 5.52 Å². The number of hydrogen-bond acceptors (Lipinski definition) is 8. The van der Waals surface area contributed by atoms with Crippen LogP contribution < -0.4 is 25.7 Å². The molecule has 0 saturated heterocycles. The fourth-order valence-corrected chi connectivity index (χ4v) is 4.98. The minimum Gasteiger partial charge on any atom is -0.481 e. The van der Waals surface area contributed by atoms with Crippen LogP contribution in [0.5, 0.6) is 11.6 Å². The summed E-state index contributed by atoms with van der Waals surface area (Å²) in [5, 5.41) is 6.26. The molecule has 0 bridgehead atoms. The van der Waals surface area contributed by atoms with Crippen LogP contribution >= 0.6 is 0 Å². The van der Waals surface area contributed by atoms with Gasteiger partial charge >= 0.3 is 0 Å². The molecule has 2 aliphatic rings. The summed E-state index contributed by atoms with van der Waals surface area (Å²) in [4.78, 5) is 37.5. The van der Waals surface area contributed by atoms with Crippen molar-refractivity contribution in [2.75, 3.05) is 25.6 Å². The van der Waals surface area contributed by atoms with Crippen molar-refractivity contribution >= 4 is 22.9 Å². The van der Waals surface area contributed by atoms with Crippen molar-refractivity contribution in [3.63, 3.8) is 0 Å². The molecule has 1 unspecified atom stereocenters. The van der Waals surface area contributed by atoms with E-state index in [1.807, 2.05) is 18.2 Å². The van der Waals surface area contributed by atoms with E-state index in [9.17, 15) is 9.59 Å². The Bertz CT molecular complexity index is 1570. The number of pyridine rings is 2. The lowest BCUT2D eigenvalue weighted by atomic mass is 9.83. The van der Waals surface area contributed by atoms with Gasteiger partial charge < -0.3 is 20.1 Å². The van der Waals surface area contributed by atoms with Crippen LogP contribution in [0.1, 0.15) is 23.2 Å². The number of benzene rings is 1. The molecule has 188 valence electrons. The van der Waals surface area contributed by atoms with Crippen molar-refractivity contribution in [1.29, 1.82) is 0 Å². The Morgan fingerprint density at radius 3 is 2.95 bits per heavy atom. The molecule has 4 heterocycles. The highest BCUT2D eigenvalue weighted by atomic mass is 16.5. The number of aryl methyl sites for hydroxylation is 1. The van der Waals surface area contributed by atoms with Crippen LogP contribution in [0.2, 0.25) is 0 Å². The van der Waals surface area contributed by atoms with Gasteiger partial charge in [-0.25, -0.2) is 9.97 Å². The summed E-state index contributed by atoms with van der Waals surface area (Å²) < 4.78 is 12.2. The van der Waals surface area contributed by atoms with E-state index in [1.165, 1.54) is 17.3 Å². The average molecular weight is 499 g/mol. The summed E-state index contributed by atoms with van der Waals surface area (Å²) in [6.45, 7) is 1.50. The first-order valence-corrected chi connectivity index (χ1v) is 12.3. The molecule has 6 rings (SSSR count). The molecule has 1 aliphatic carbocycles. The van der Waals surface area contributed by atoms with Crippen LogP contribution in [0.4, 0.5) is 5.82 Å². The predicted octanol–water partition coefficient (Wildman–Crippen LogP) is 2.41. The molecule has 2 N–H and O–H groups in total. The number of nitrogens with zero attached hydrogens (tertiary/aromatic N) is 4. The first kappa shape index (κ1) is 23.1. The first-order chi connectivity index (χ1) is 18.1. The lowest BCUT2D eigenvalue weighted by molar-refractivity contribution is -0.118. The van der Waals surface area contributed by atoms with Crippen LogP contribution in [-0.4, -0.2) is 45.7 Å². The molecule has 0 fully saturated rings. The van der Waals surface area contributed by atoms with E-state index in [-0.39, 0.29) is 18.1 Å². The molecule has 1 atom stereocenters. The van der Waals surface area contributed by atoms with Crippen LogP contribution in [-0.2, 0) is 24.2 Å². The lowest BCUT2D eigenvalue weighted by Crippen LogP contribution is -2.29. The smallest absolute Gasteiger partial charge is 0.275 e. The maximum atomic E-state index is 12.8. The van der Waals surface area contributed by atoms with Crippen molar-refractivity contribution in [2.24, 2.45) is 5.92 Å². The number of aromatic nitrogens is 4. The molecular weight excluding hydrogens is 472 g/mol. The van der Waals surface area contributed by atoms with E-state index < -0.39 is 0 Å². The number of carbonyl (C=O) groups is 1. The summed E-state index contributed by atoms with van der Waals surface area (Å²) >= 11 is 0. The second-order valence-electron chi connectivity index (χ2n) is 9.31. The minimum absolute atomic E-state index is 0.0262. The number of amides is 1. The molecular formula is C27H26N6O4. The summed E-state index contributed by atoms with van der Waals surface area (Å²) in [5.41, 5.74) is 5.06. The SMILES string of the molecule is COc1ccc2ncc(=O)n(-c3ccc4c(c3)CCC(CNCc3ccc5c(n3)NC(=O)CO5)C4)c2n1. The highest BCUT2D eigenvalue weighted by Crippen LogP contribution is 2.28. The molecule has 3 aromatic heterocycles. The van der Waals surface area contributed by atoms with Gasteiger partial charge in [-0.15, -0.1) is 0 Å². The van der Waals surface area contributed by atoms with Crippen LogP contribution in [0.15, 0.2) is 53.5 Å². The second kappa shape index (κ2) is 9.62. The van der Waals surface area contributed by atoms with E-state index in [1.54, 1.807) is 23.8 Å². The zero-order valence-corrected chi connectivity index (χ0v) is 20.4. The average Bonchev–Trinajstić information content (AvgIpc) is 2.92. The third-order valence-corrected chi connectivity index (χ3v) is 6.83. The van der Waals surface area contributed by atoms with Gasteiger partial charge in [0.25, 0.3) is 11.5 Å². The quantitative estimate of drug-likeness (QED) is 0.416. The van der Waals surface area contributed by atoms with Crippen molar-refractivity contribution < 1.29 is 14.3 Å². The second-order valence-corrected chi connectivity index (χ2v) is 9.31. The number of anilines is 1. The Hall–Kier alpha value is -4.31. The predicted molar refractivity (Wildman–Crippen MR) is 137 cm³/mol. The van der Waals surface area contributed by atoms with Crippen molar-refractivity contribution in [3.05, 3.63) is 75.8 Å². The summed E-state index contributed by atoms with van der Waals surface area (Å²) in [6.07, 6.45) is 4.27. The minimum atomic E-state index is -0.229. The number of fused-ring (bicyclic) bond motifs is 3. The van der Waals surface area contributed by atoms with Crippen LogP contribution in [0, 0.1) is 5.92 Å². The van der Waals surface area contributed by atoms with Gasteiger partial charge in [-0.1, -0.05) is 6.07 Å². The molecule has 10 heteroatoms. The molecule has 37 heavy (non-hydrogen) atoms. The topological polar surface area (TPSA) is 120 Å². The fourth-order valence-electron chi connectivity index (χ4n) is 4.98. The highest BCUT2D eigenvalue weighted by molar-refractivity contribution is 5.94. The van der Waals surface area contributed by atoms with E-state index in [0.717, 1.165) is 37.2 Å². The van der Waals surface area contributed by atoms with Crippen molar-refractivity contribution in [1.82, 2.24) is 24.8 Å². The largest absolute Gasteiger partial charge is 0.481 e. The summed E-state index contributed by atoms with van der Waals surface area (Å²) in [6, 6.07) is 13.5. The maximum Gasteiger partial charge on any atom is 0.275 e. The summed E-state index contributed by atoms with van der Waals surface area (Å²) in [7, 11) is 1.55. The Kier molecular flexibility index (Phi) is 6.01. The van der Waals surface area contributed by atoms with E-state index in [4.69, 9.17) is 9.47 Å². The molecule has 4 aromatic rings. The number of hydrogen-bond donors (Lipinski definition) is 2. The molecule has 0 spiro atoms. The first-order valence-electron chi connectivity index (χ1n) is 12.3. The number of nitrogens with one attached hydrogen (secondary N) is 2. The zero-order valence-electron chi connectivity index (χ0n) is 20.4. The number of rotatable bonds is 6. The Labute approximate surface area is 212 Å². The normalized spacial score (nSPS) is 16.5. The fraction of sp³-hybridized carbons (Fsp3) is 0.296. The Morgan fingerprint density at radius 1 is 1.14 bits per heavy atom. The van der Waals surface area contributed by atoms with Gasteiger partial charge in [-0.3, -0.25) is 14.2 Å². The van der Waals surface area contributed by atoms with E-state index in [0.29, 0.717) is 41.1 Å². The van der Waals surface area contributed by atoms with E-state index in [2.05, 4.69) is 37.7 Å². The Balaban J connectivity index is 1.14. The van der Waals surface area contributed by atoms with Crippen LogP contribution in [0.3, 0.4) is 0 Å². The molecule has 0 saturated carbocycles. The van der Waals surface area contributed by atoms with Crippen molar-refractivity contribution in [3.8, 4) is 17.3 Å². The van der Waals surface area contributed by atoms with Crippen molar-refractivity contribution in [2.45, 2.75) is 25.8 Å². The lowest BCUT2D eigenvalue weighted by Gasteiger charge is -2.26. The highest BCUT2D eigenvalue weighted by Gasteiger charge is 2.21. The molecule has 1 amide bonds. The third-order valence-electron chi connectivity index (χ3n) is 6.83. The van der Waals surface area contributed by atoms with Gasteiger partial charge in [-0.2, -0.15) is 4.98 Å². The zero-order chi connectivity index (χ0) is 25.4. The molecule has 1 aromatic carbocycles.